The second kappa shape index (κ2) is 3.81. The Morgan fingerprint density at radius 2 is 2.31 bits per heavy atom. The lowest BCUT2D eigenvalue weighted by molar-refractivity contribution is -0.278. The van der Waals surface area contributed by atoms with Crippen LogP contribution in [0.2, 0.25) is 0 Å². The average molecular weight is 253 g/mol. The van der Waals surface area contributed by atoms with Crippen LogP contribution in [-0.4, -0.2) is 31.6 Å². The van der Waals surface area contributed by atoms with Crippen molar-refractivity contribution in [2.24, 2.45) is 0 Å². The van der Waals surface area contributed by atoms with Crippen molar-refractivity contribution in [3.05, 3.63) is 11.3 Å². The van der Waals surface area contributed by atoms with Gasteiger partial charge in [0, 0.05) is 5.75 Å². The highest BCUT2D eigenvalue weighted by molar-refractivity contribution is 7.98. The first kappa shape index (κ1) is 10.2. The van der Waals surface area contributed by atoms with E-state index in [1.807, 2.05) is 6.26 Å². The number of rotatable bonds is 1. The highest BCUT2D eigenvalue weighted by atomic mass is 32.2. The molecule has 0 aliphatic carbocycles. The number of fused-ring (bicyclic) bond motifs is 2. The van der Waals surface area contributed by atoms with Gasteiger partial charge in [0.15, 0.2) is 0 Å². The number of hydrogen-bond donors (Lipinski definition) is 0. The Bertz CT molecular complexity index is 554. The van der Waals surface area contributed by atoms with Gasteiger partial charge >= 0.3 is 0 Å². The van der Waals surface area contributed by atoms with Crippen LogP contribution < -0.4 is 5.11 Å². The molecular weight excluding hydrogens is 244 g/mol. The lowest BCUT2D eigenvalue weighted by atomic mass is 10.2. The molecule has 5 nitrogen and oxygen atoms in total. The maximum atomic E-state index is 12.1. The van der Waals surface area contributed by atoms with E-state index in [1.54, 1.807) is 11.8 Å². The molecule has 16 heavy (non-hydrogen) atoms. The molecule has 0 radical (unpaired) electrons. The molecule has 0 fully saturated rings. The summed E-state index contributed by atoms with van der Waals surface area (Å²) in [6, 6.07) is 0. The zero-order valence-electron chi connectivity index (χ0n) is 8.63. The third kappa shape index (κ3) is 1.46. The van der Waals surface area contributed by atoms with Gasteiger partial charge in [-0.05, 0) is 29.9 Å². The van der Waals surface area contributed by atoms with Gasteiger partial charge in [-0.25, -0.2) is 9.50 Å². The summed E-state index contributed by atoms with van der Waals surface area (Å²) >= 11 is 3.22. The summed E-state index contributed by atoms with van der Waals surface area (Å²) in [5.41, 5.74) is 1.69. The Balaban J connectivity index is 2.28. The molecule has 1 aliphatic heterocycles. The fourth-order valence-electron chi connectivity index (χ4n) is 1.73. The Labute approximate surface area is 101 Å². The highest BCUT2D eigenvalue weighted by Crippen LogP contribution is 2.28. The van der Waals surface area contributed by atoms with Crippen molar-refractivity contribution < 1.29 is 5.11 Å². The Morgan fingerprint density at radius 3 is 3.12 bits per heavy atom. The van der Waals surface area contributed by atoms with Crippen molar-refractivity contribution in [2.75, 3.05) is 12.0 Å². The van der Waals surface area contributed by atoms with Crippen LogP contribution in [0.15, 0.2) is 5.16 Å². The summed E-state index contributed by atoms with van der Waals surface area (Å²) in [5.74, 6) is 2.17. The minimum Gasteiger partial charge on any atom is -0.858 e. The van der Waals surface area contributed by atoms with Crippen LogP contribution in [0.25, 0.3) is 5.78 Å². The molecule has 0 N–H and O–H groups in total. The van der Waals surface area contributed by atoms with Crippen molar-refractivity contribution in [1.82, 2.24) is 19.6 Å². The molecule has 0 spiro atoms. The fraction of sp³-hybridized carbons (Fsp3) is 0.444. The average Bonchev–Trinajstić information content (AvgIpc) is 2.73. The van der Waals surface area contributed by atoms with Gasteiger partial charge in [0.05, 0.1) is 5.69 Å². The smallest absolute Gasteiger partial charge is 0.252 e. The topological polar surface area (TPSA) is 66.1 Å². The molecule has 1 aliphatic rings. The van der Waals surface area contributed by atoms with Crippen molar-refractivity contribution >= 4 is 29.3 Å². The van der Waals surface area contributed by atoms with Gasteiger partial charge in [-0.2, -0.15) is 16.7 Å². The minimum absolute atomic E-state index is 0.0481. The monoisotopic (exact) mass is 253 g/mol. The molecule has 0 unspecified atom stereocenters. The second-order valence-corrected chi connectivity index (χ2v) is 5.33. The van der Waals surface area contributed by atoms with Gasteiger partial charge in [0.2, 0.25) is 5.16 Å². The normalized spacial score (nSPS) is 15.3. The van der Waals surface area contributed by atoms with Crippen LogP contribution in [0.4, 0.5) is 0 Å². The van der Waals surface area contributed by atoms with Crippen molar-refractivity contribution in [3.63, 3.8) is 0 Å². The zero-order chi connectivity index (χ0) is 11.1. The molecule has 84 valence electrons. The van der Waals surface area contributed by atoms with Crippen LogP contribution in [0.5, 0.6) is 5.88 Å². The second-order valence-electron chi connectivity index (χ2n) is 3.46. The van der Waals surface area contributed by atoms with Crippen molar-refractivity contribution in [3.8, 4) is 5.88 Å². The van der Waals surface area contributed by atoms with E-state index in [4.69, 9.17) is 0 Å². The maximum Gasteiger partial charge on any atom is 0.252 e. The van der Waals surface area contributed by atoms with Gasteiger partial charge in [-0.3, -0.25) is 0 Å². The van der Waals surface area contributed by atoms with E-state index in [-0.39, 0.29) is 5.88 Å². The first-order chi connectivity index (χ1) is 7.79. The minimum atomic E-state index is -0.0481. The molecule has 0 amide bonds. The molecule has 2 aromatic rings. The lowest BCUT2D eigenvalue weighted by Gasteiger charge is -2.21. The number of hydrogen-bond acceptors (Lipinski definition) is 6. The molecule has 0 saturated carbocycles. The summed E-state index contributed by atoms with van der Waals surface area (Å²) in [6.07, 6.45) is 2.67. The van der Waals surface area contributed by atoms with E-state index < -0.39 is 0 Å². The van der Waals surface area contributed by atoms with Crippen molar-refractivity contribution in [2.45, 2.75) is 17.3 Å². The van der Waals surface area contributed by atoms with Crippen LogP contribution in [0.1, 0.15) is 11.3 Å². The van der Waals surface area contributed by atoms with Gasteiger partial charge in [0.1, 0.15) is 0 Å². The summed E-state index contributed by atoms with van der Waals surface area (Å²) < 4.78 is 1.32. The fourth-order valence-corrected chi connectivity index (χ4v) is 2.99. The number of aromatic nitrogens is 4. The third-order valence-electron chi connectivity index (χ3n) is 2.52. The maximum absolute atomic E-state index is 12.1. The van der Waals surface area contributed by atoms with Gasteiger partial charge < -0.3 is 5.11 Å². The van der Waals surface area contributed by atoms with Gasteiger partial charge in [-0.1, -0.05) is 11.8 Å². The lowest BCUT2D eigenvalue weighted by Crippen LogP contribution is -2.14. The first-order valence-electron chi connectivity index (χ1n) is 4.87. The Kier molecular flexibility index (Phi) is 2.44. The standard InChI is InChI=1S/C9H10N4OS2/c1-15-9-11-8-10-6-4-16-3-2-5(6)7(14)13(8)12-9/h14H,2-4H2,1H3/p-1. The van der Waals surface area contributed by atoms with Crippen molar-refractivity contribution in [1.29, 1.82) is 0 Å². The van der Waals surface area contributed by atoms with E-state index in [0.29, 0.717) is 10.9 Å². The Hall–Kier alpha value is -0.950. The van der Waals surface area contributed by atoms with E-state index >= 15 is 0 Å². The molecule has 0 bridgehead atoms. The van der Waals surface area contributed by atoms with Gasteiger partial charge in [0.25, 0.3) is 5.78 Å². The molecular formula is C9H9N4OS2-. The molecule has 3 rings (SSSR count). The van der Waals surface area contributed by atoms with E-state index in [2.05, 4.69) is 15.1 Å². The van der Waals surface area contributed by atoms with E-state index in [0.717, 1.165) is 29.2 Å². The number of thioether (sulfide) groups is 2. The summed E-state index contributed by atoms with van der Waals surface area (Å²) in [5, 5.41) is 16.8. The van der Waals surface area contributed by atoms with E-state index in [9.17, 15) is 5.11 Å². The summed E-state index contributed by atoms with van der Waals surface area (Å²) in [6.45, 7) is 0. The highest BCUT2D eigenvalue weighted by Gasteiger charge is 2.16. The SMILES string of the molecule is CSc1nc2nc3c(c([O-])n2n1)CCSC3. The molecule has 0 aromatic carbocycles. The predicted octanol–water partition coefficient (Wildman–Crippen LogP) is 0.709. The van der Waals surface area contributed by atoms with Gasteiger partial charge in [-0.15, -0.1) is 5.10 Å². The summed E-state index contributed by atoms with van der Waals surface area (Å²) in [7, 11) is 0. The zero-order valence-corrected chi connectivity index (χ0v) is 10.3. The molecule has 2 aromatic heterocycles. The molecule has 7 heteroatoms. The molecule has 0 atom stereocenters. The largest absolute Gasteiger partial charge is 0.858 e. The number of nitrogens with zero attached hydrogens (tertiary/aromatic N) is 4. The van der Waals surface area contributed by atoms with E-state index in [1.165, 1.54) is 16.3 Å². The Morgan fingerprint density at radius 1 is 1.44 bits per heavy atom. The molecule has 3 heterocycles. The third-order valence-corrected chi connectivity index (χ3v) is 4.03. The first-order valence-corrected chi connectivity index (χ1v) is 7.25. The van der Waals surface area contributed by atoms with Crippen LogP contribution in [-0.2, 0) is 12.2 Å². The van der Waals surface area contributed by atoms with Crippen LogP contribution in [0.3, 0.4) is 0 Å². The van der Waals surface area contributed by atoms with Crippen LogP contribution >= 0.6 is 23.5 Å². The quantitative estimate of drug-likeness (QED) is 0.697. The van der Waals surface area contributed by atoms with Crippen LogP contribution in [0, 0.1) is 0 Å². The summed E-state index contributed by atoms with van der Waals surface area (Å²) in [4.78, 5) is 8.59. The predicted molar refractivity (Wildman–Crippen MR) is 61.9 cm³/mol. The molecule has 0 saturated heterocycles.